The van der Waals surface area contributed by atoms with E-state index in [1.165, 1.54) is 0 Å². The van der Waals surface area contributed by atoms with Crippen LogP contribution in [0.1, 0.15) is 38.3 Å². The quantitative estimate of drug-likeness (QED) is 0.265. The summed E-state index contributed by atoms with van der Waals surface area (Å²) in [6.45, 7) is 3.90. The van der Waals surface area contributed by atoms with Crippen LogP contribution in [-0.4, -0.2) is 34.1 Å². The zero-order valence-corrected chi connectivity index (χ0v) is 13.1. The van der Waals surface area contributed by atoms with Gasteiger partial charge in [0.15, 0.2) is 0 Å². The summed E-state index contributed by atoms with van der Waals surface area (Å²) < 4.78 is 0. The molecule has 22 heavy (non-hydrogen) atoms. The number of hydroxylamine groups is 2. The second-order valence-corrected chi connectivity index (χ2v) is 5.20. The summed E-state index contributed by atoms with van der Waals surface area (Å²) in [5.41, 5.74) is 6.16. The number of hydrogen-bond donors (Lipinski definition) is 3. The summed E-state index contributed by atoms with van der Waals surface area (Å²) in [5, 5.41) is 9.81. The Labute approximate surface area is 130 Å². The molecule has 7 heteroatoms. The number of carbonyl (C=O) groups excluding carboxylic acids is 2. The zero-order valence-electron chi connectivity index (χ0n) is 13.1. The van der Waals surface area contributed by atoms with E-state index in [2.05, 4.69) is 22.8 Å². The molecule has 0 saturated carbocycles. The second kappa shape index (κ2) is 9.73. The van der Waals surface area contributed by atoms with Crippen molar-refractivity contribution < 1.29 is 14.8 Å². The molecule has 1 heterocycles. The molecule has 1 rings (SSSR count). The molecule has 7 nitrogen and oxygen atoms in total. The number of rotatable bonds is 10. The Hall–Kier alpha value is -2.15. The maximum absolute atomic E-state index is 12.2. The maximum Gasteiger partial charge on any atom is 0.243 e. The molecule has 122 valence electrons. The molecular weight excluding hydrogens is 284 g/mol. The smallest absolute Gasteiger partial charge is 0.243 e. The molecular formula is C15H24N4O3. The molecule has 0 aliphatic heterocycles. The lowest BCUT2D eigenvalue weighted by molar-refractivity contribution is -0.154. The Balaban J connectivity index is 2.55. The molecule has 0 aromatic carbocycles. The molecule has 2 amide bonds. The number of amides is 2. The zero-order chi connectivity index (χ0) is 16.4. The average molecular weight is 308 g/mol. The number of pyridine rings is 1. The highest BCUT2D eigenvalue weighted by atomic mass is 16.5. The van der Waals surface area contributed by atoms with Gasteiger partial charge in [-0.15, -0.1) is 0 Å². The molecule has 0 spiro atoms. The minimum Gasteiger partial charge on any atom is -0.286 e. The van der Waals surface area contributed by atoms with Crippen LogP contribution in [0.2, 0.25) is 0 Å². The van der Waals surface area contributed by atoms with Crippen LogP contribution in [0.15, 0.2) is 18.2 Å². The van der Waals surface area contributed by atoms with Crippen molar-refractivity contribution >= 4 is 18.1 Å². The Morgan fingerprint density at radius 1 is 1.45 bits per heavy atom. The van der Waals surface area contributed by atoms with E-state index in [4.69, 9.17) is 0 Å². The standard InChI is InChI=1S/C15H24N4O3/c1-3-4-5-8-13(10-19(22)11-20)15(21)18-17-14-9-6-7-12(2)16-14/h6-7,9,11,13,22H,3-5,8,10H2,1-2H3,(H,16,17)(H,18,21). The fourth-order valence-electron chi connectivity index (χ4n) is 2.06. The summed E-state index contributed by atoms with van der Waals surface area (Å²) in [7, 11) is 0. The lowest BCUT2D eigenvalue weighted by Crippen LogP contribution is -2.40. The molecule has 3 N–H and O–H groups in total. The van der Waals surface area contributed by atoms with E-state index in [-0.39, 0.29) is 12.5 Å². The van der Waals surface area contributed by atoms with Crippen molar-refractivity contribution in [2.45, 2.75) is 39.5 Å². The predicted octanol–water partition coefficient (Wildman–Crippen LogP) is 1.88. The van der Waals surface area contributed by atoms with Crippen molar-refractivity contribution in [1.82, 2.24) is 15.5 Å². The van der Waals surface area contributed by atoms with Gasteiger partial charge in [0, 0.05) is 5.69 Å². The molecule has 1 unspecified atom stereocenters. The SMILES string of the molecule is CCCCCC(CN(O)C=O)C(=O)NNc1cccc(C)n1. The highest BCUT2D eigenvalue weighted by molar-refractivity contribution is 5.80. The number of anilines is 1. The van der Waals surface area contributed by atoms with Crippen molar-refractivity contribution in [3.05, 3.63) is 23.9 Å². The van der Waals surface area contributed by atoms with E-state index < -0.39 is 5.92 Å². The van der Waals surface area contributed by atoms with E-state index in [0.717, 1.165) is 25.0 Å². The first-order valence-corrected chi connectivity index (χ1v) is 7.47. The van der Waals surface area contributed by atoms with Crippen molar-refractivity contribution in [3.63, 3.8) is 0 Å². The first-order chi connectivity index (χ1) is 10.6. The van der Waals surface area contributed by atoms with Gasteiger partial charge in [0.2, 0.25) is 12.3 Å². The molecule has 1 aromatic heterocycles. The van der Waals surface area contributed by atoms with Crippen LogP contribution in [-0.2, 0) is 9.59 Å². The molecule has 1 aromatic rings. The van der Waals surface area contributed by atoms with Crippen LogP contribution < -0.4 is 10.9 Å². The number of unbranched alkanes of at least 4 members (excludes halogenated alkanes) is 2. The largest absolute Gasteiger partial charge is 0.286 e. The fraction of sp³-hybridized carbons (Fsp3) is 0.533. The number of aromatic nitrogens is 1. The minimum absolute atomic E-state index is 0.0258. The van der Waals surface area contributed by atoms with Gasteiger partial charge in [-0.25, -0.2) is 10.0 Å². The number of carbonyl (C=O) groups is 2. The van der Waals surface area contributed by atoms with Crippen LogP contribution in [0.4, 0.5) is 5.82 Å². The topological polar surface area (TPSA) is 94.6 Å². The van der Waals surface area contributed by atoms with Gasteiger partial charge in [-0.05, 0) is 25.5 Å². The maximum atomic E-state index is 12.2. The van der Waals surface area contributed by atoms with Crippen molar-refractivity contribution in [1.29, 1.82) is 0 Å². The van der Waals surface area contributed by atoms with Crippen molar-refractivity contribution in [2.24, 2.45) is 5.92 Å². The molecule has 1 atom stereocenters. The molecule has 0 saturated heterocycles. The van der Waals surface area contributed by atoms with Gasteiger partial charge >= 0.3 is 0 Å². The van der Waals surface area contributed by atoms with Gasteiger partial charge < -0.3 is 0 Å². The predicted molar refractivity (Wildman–Crippen MR) is 82.9 cm³/mol. The number of hydrogen-bond acceptors (Lipinski definition) is 5. The number of nitrogens with one attached hydrogen (secondary N) is 2. The monoisotopic (exact) mass is 308 g/mol. The number of hydrazine groups is 1. The van der Waals surface area contributed by atoms with Gasteiger partial charge in [0.05, 0.1) is 12.5 Å². The van der Waals surface area contributed by atoms with Crippen LogP contribution >= 0.6 is 0 Å². The Kier molecular flexibility index (Phi) is 7.91. The van der Waals surface area contributed by atoms with Gasteiger partial charge in [0.1, 0.15) is 5.82 Å². The van der Waals surface area contributed by atoms with Crippen molar-refractivity contribution in [3.8, 4) is 0 Å². The third kappa shape index (κ3) is 6.53. The van der Waals surface area contributed by atoms with Crippen LogP contribution in [0, 0.1) is 12.8 Å². The Bertz CT molecular complexity index is 482. The summed E-state index contributed by atoms with van der Waals surface area (Å²) in [4.78, 5) is 26.9. The van der Waals surface area contributed by atoms with E-state index in [0.29, 0.717) is 23.7 Å². The van der Waals surface area contributed by atoms with Crippen LogP contribution in [0.3, 0.4) is 0 Å². The summed E-state index contributed by atoms with van der Waals surface area (Å²) in [6.07, 6.45) is 3.81. The molecule has 0 aliphatic carbocycles. The number of aryl methyl sites for hydroxylation is 1. The fourth-order valence-corrected chi connectivity index (χ4v) is 2.06. The van der Waals surface area contributed by atoms with Crippen LogP contribution in [0.25, 0.3) is 0 Å². The first-order valence-electron chi connectivity index (χ1n) is 7.47. The normalized spacial score (nSPS) is 11.6. The van der Waals surface area contributed by atoms with E-state index in [1.54, 1.807) is 6.07 Å². The summed E-state index contributed by atoms with van der Waals surface area (Å²) in [6, 6.07) is 5.43. The van der Waals surface area contributed by atoms with E-state index >= 15 is 0 Å². The van der Waals surface area contributed by atoms with Crippen LogP contribution in [0.5, 0.6) is 0 Å². The average Bonchev–Trinajstić information content (AvgIpc) is 2.51. The lowest BCUT2D eigenvalue weighted by Gasteiger charge is -2.19. The van der Waals surface area contributed by atoms with Gasteiger partial charge in [-0.2, -0.15) is 0 Å². The molecule has 0 bridgehead atoms. The lowest BCUT2D eigenvalue weighted by atomic mass is 10.0. The minimum atomic E-state index is -0.473. The van der Waals surface area contributed by atoms with E-state index in [1.807, 2.05) is 19.1 Å². The Morgan fingerprint density at radius 2 is 2.23 bits per heavy atom. The van der Waals surface area contributed by atoms with E-state index in [9.17, 15) is 14.8 Å². The molecule has 0 radical (unpaired) electrons. The molecule has 0 aliphatic rings. The third-order valence-corrected chi connectivity index (χ3v) is 3.26. The number of nitrogens with zero attached hydrogens (tertiary/aromatic N) is 2. The summed E-state index contributed by atoms with van der Waals surface area (Å²) >= 11 is 0. The summed E-state index contributed by atoms with van der Waals surface area (Å²) in [5.74, 6) is -0.212. The van der Waals surface area contributed by atoms with Gasteiger partial charge in [-0.1, -0.05) is 32.3 Å². The highest BCUT2D eigenvalue weighted by Crippen LogP contribution is 2.12. The van der Waals surface area contributed by atoms with Gasteiger partial charge in [-0.3, -0.25) is 25.6 Å². The third-order valence-electron chi connectivity index (χ3n) is 3.26. The highest BCUT2D eigenvalue weighted by Gasteiger charge is 2.20. The molecule has 0 fully saturated rings. The second-order valence-electron chi connectivity index (χ2n) is 5.20. The Morgan fingerprint density at radius 3 is 2.86 bits per heavy atom. The first kappa shape index (κ1) is 17.9. The van der Waals surface area contributed by atoms with Crippen molar-refractivity contribution in [2.75, 3.05) is 12.0 Å². The van der Waals surface area contributed by atoms with Gasteiger partial charge in [0.25, 0.3) is 0 Å².